The van der Waals surface area contributed by atoms with Gasteiger partial charge < -0.3 is 15.1 Å². The Morgan fingerprint density at radius 3 is 2.78 bits per heavy atom. The molecule has 2 aliphatic heterocycles. The van der Waals surface area contributed by atoms with E-state index in [0.29, 0.717) is 15.7 Å². The molecule has 7 heteroatoms. The lowest BCUT2D eigenvalue weighted by Crippen LogP contribution is -2.64. The Balaban J connectivity index is 1.73. The van der Waals surface area contributed by atoms with E-state index in [1.807, 2.05) is 11.8 Å². The fraction of sp³-hybridized carbons (Fsp3) is 0.500. The van der Waals surface area contributed by atoms with Crippen LogP contribution in [0.15, 0.2) is 18.2 Å². The Labute approximate surface area is 145 Å². The summed E-state index contributed by atoms with van der Waals surface area (Å²) in [6.45, 7) is 2.92. The lowest BCUT2D eigenvalue weighted by Gasteiger charge is -2.48. The van der Waals surface area contributed by atoms with Crippen LogP contribution in [0.4, 0.5) is 10.5 Å². The molecule has 0 aliphatic carbocycles. The monoisotopic (exact) mass is 355 g/mol. The summed E-state index contributed by atoms with van der Waals surface area (Å²) in [4.78, 5) is 28.4. The number of carbonyl (C=O) groups is 2. The van der Waals surface area contributed by atoms with Crippen molar-refractivity contribution in [2.45, 2.75) is 38.3 Å². The van der Waals surface area contributed by atoms with Gasteiger partial charge in [-0.2, -0.15) is 0 Å². The Morgan fingerprint density at radius 2 is 2.04 bits per heavy atom. The lowest BCUT2D eigenvalue weighted by molar-refractivity contribution is -0.142. The van der Waals surface area contributed by atoms with E-state index in [0.717, 1.165) is 25.8 Å². The normalized spacial score (nSPS) is 24.4. The van der Waals surface area contributed by atoms with Gasteiger partial charge in [-0.25, -0.2) is 4.79 Å². The molecule has 2 aliphatic rings. The van der Waals surface area contributed by atoms with Gasteiger partial charge in [0.25, 0.3) is 0 Å². The van der Waals surface area contributed by atoms with Gasteiger partial charge in [0.1, 0.15) is 6.54 Å². The van der Waals surface area contributed by atoms with E-state index in [2.05, 4.69) is 5.32 Å². The summed E-state index contributed by atoms with van der Waals surface area (Å²) in [5.74, 6) is 0.0251. The number of piperazine rings is 1. The Kier molecular flexibility index (Phi) is 4.69. The standard InChI is InChI=1S/C16H19Cl2N3O2/c1-10-14-4-2-3-7-20(14)15(22)9-21(10)16(23)19-11-5-6-12(17)13(18)8-11/h5-6,8,10,14H,2-4,7,9H2,1H3,(H,19,23). The van der Waals surface area contributed by atoms with Crippen molar-refractivity contribution >= 4 is 40.8 Å². The van der Waals surface area contributed by atoms with Crippen molar-refractivity contribution < 1.29 is 9.59 Å². The first-order chi connectivity index (χ1) is 11.0. The minimum Gasteiger partial charge on any atom is -0.336 e. The number of nitrogens with one attached hydrogen (secondary N) is 1. The number of amides is 3. The Hall–Kier alpha value is -1.46. The first-order valence-corrected chi connectivity index (χ1v) is 8.55. The van der Waals surface area contributed by atoms with Gasteiger partial charge in [-0.1, -0.05) is 23.2 Å². The molecule has 1 N–H and O–H groups in total. The van der Waals surface area contributed by atoms with Crippen LogP contribution < -0.4 is 5.32 Å². The fourth-order valence-corrected chi connectivity index (χ4v) is 3.68. The minimum absolute atomic E-state index is 0.00391. The van der Waals surface area contributed by atoms with Crippen LogP contribution in [0.2, 0.25) is 10.0 Å². The molecule has 0 aromatic heterocycles. The number of rotatable bonds is 1. The molecule has 2 saturated heterocycles. The van der Waals surface area contributed by atoms with Crippen LogP contribution in [0.5, 0.6) is 0 Å². The summed E-state index contributed by atoms with van der Waals surface area (Å²) in [6, 6.07) is 4.75. The molecule has 0 radical (unpaired) electrons. The van der Waals surface area contributed by atoms with E-state index < -0.39 is 0 Å². The zero-order valence-electron chi connectivity index (χ0n) is 12.9. The van der Waals surface area contributed by atoms with Crippen molar-refractivity contribution in [2.75, 3.05) is 18.4 Å². The first kappa shape index (κ1) is 16.4. The van der Waals surface area contributed by atoms with E-state index in [1.165, 1.54) is 0 Å². The minimum atomic E-state index is -0.283. The second-order valence-corrected chi connectivity index (χ2v) is 6.89. The number of benzene rings is 1. The second-order valence-electron chi connectivity index (χ2n) is 6.08. The topological polar surface area (TPSA) is 52.7 Å². The maximum absolute atomic E-state index is 12.6. The van der Waals surface area contributed by atoms with Gasteiger partial charge in [-0.15, -0.1) is 0 Å². The number of halogens is 2. The molecule has 2 atom stereocenters. The number of fused-ring (bicyclic) bond motifs is 1. The van der Waals surface area contributed by atoms with Crippen LogP contribution >= 0.6 is 23.2 Å². The zero-order chi connectivity index (χ0) is 16.6. The van der Waals surface area contributed by atoms with Gasteiger partial charge in [0.15, 0.2) is 0 Å². The molecule has 5 nitrogen and oxygen atoms in total. The molecule has 3 rings (SSSR count). The third-order valence-corrected chi connectivity index (χ3v) is 5.39. The van der Waals surface area contributed by atoms with Gasteiger partial charge >= 0.3 is 6.03 Å². The van der Waals surface area contributed by atoms with Crippen molar-refractivity contribution in [3.05, 3.63) is 28.2 Å². The van der Waals surface area contributed by atoms with E-state index in [-0.39, 0.29) is 30.6 Å². The van der Waals surface area contributed by atoms with Crippen LogP contribution in [0.3, 0.4) is 0 Å². The molecule has 1 aromatic rings. The van der Waals surface area contributed by atoms with E-state index in [1.54, 1.807) is 23.1 Å². The van der Waals surface area contributed by atoms with Crippen LogP contribution in [0, 0.1) is 0 Å². The Bertz CT molecular complexity index is 638. The highest BCUT2D eigenvalue weighted by Gasteiger charge is 2.41. The van der Waals surface area contributed by atoms with Gasteiger partial charge in [0, 0.05) is 12.2 Å². The van der Waals surface area contributed by atoms with Crippen molar-refractivity contribution in [3.8, 4) is 0 Å². The quantitative estimate of drug-likeness (QED) is 0.836. The van der Waals surface area contributed by atoms with Crippen LogP contribution in [0.25, 0.3) is 0 Å². The largest absolute Gasteiger partial charge is 0.336 e. The third-order valence-electron chi connectivity index (χ3n) is 4.66. The molecule has 124 valence electrons. The average Bonchev–Trinajstić information content (AvgIpc) is 2.54. The van der Waals surface area contributed by atoms with Crippen molar-refractivity contribution in [2.24, 2.45) is 0 Å². The number of carbonyl (C=O) groups excluding carboxylic acids is 2. The summed E-state index contributed by atoms with van der Waals surface area (Å²) in [5.41, 5.74) is 0.565. The summed E-state index contributed by atoms with van der Waals surface area (Å²) >= 11 is 11.8. The highest BCUT2D eigenvalue weighted by molar-refractivity contribution is 6.42. The summed E-state index contributed by atoms with van der Waals surface area (Å²) < 4.78 is 0. The smallest absolute Gasteiger partial charge is 0.322 e. The number of anilines is 1. The molecule has 0 bridgehead atoms. The zero-order valence-corrected chi connectivity index (χ0v) is 14.4. The predicted molar refractivity (Wildman–Crippen MR) is 91.0 cm³/mol. The average molecular weight is 356 g/mol. The van der Waals surface area contributed by atoms with Crippen molar-refractivity contribution in [3.63, 3.8) is 0 Å². The van der Waals surface area contributed by atoms with E-state index >= 15 is 0 Å². The van der Waals surface area contributed by atoms with Crippen LogP contribution in [-0.4, -0.2) is 46.9 Å². The highest BCUT2D eigenvalue weighted by atomic mass is 35.5. The SMILES string of the molecule is CC1C2CCCCN2C(=O)CN1C(=O)Nc1ccc(Cl)c(Cl)c1. The second kappa shape index (κ2) is 6.57. The number of urea groups is 1. The first-order valence-electron chi connectivity index (χ1n) is 7.79. The highest BCUT2D eigenvalue weighted by Crippen LogP contribution is 2.28. The third kappa shape index (κ3) is 3.26. The number of piperidine rings is 1. The molecular weight excluding hydrogens is 337 g/mol. The van der Waals surface area contributed by atoms with Crippen LogP contribution in [-0.2, 0) is 4.79 Å². The molecule has 2 unspecified atom stereocenters. The Morgan fingerprint density at radius 1 is 1.26 bits per heavy atom. The fourth-order valence-electron chi connectivity index (χ4n) is 3.38. The molecule has 0 spiro atoms. The summed E-state index contributed by atoms with van der Waals surface area (Å²) in [7, 11) is 0. The molecular formula is C16H19Cl2N3O2. The lowest BCUT2D eigenvalue weighted by atomic mass is 9.93. The number of hydrogen-bond donors (Lipinski definition) is 1. The maximum atomic E-state index is 12.6. The molecule has 2 heterocycles. The van der Waals surface area contributed by atoms with Crippen molar-refractivity contribution in [1.82, 2.24) is 9.80 Å². The van der Waals surface area contributed by atoms with Gasteiger partial charge in [-0.3, -0.25) is 4.79 Å². The van der Waals surface area contributed by atoms with Gasteiger partial charge in [0.2, 0.25) is 5.91 Å². The summed E-state index contributed by atoms with van der Waals surface area (Å²) in [5, 5.41) is 3.61. The van der Waals surface area contributed by atoms with Crippen LogP contribution in [0.1, 0.15) is 26.2 Å². The molecule has 23 heavy (non-hydrogen) atoms. The number of hydrogen-bond acceptors (Lipinski definition) is 2. The molecule has 2 fully saturated rings. The summed E-state index contributed by atoms with van der Waals surface area (Å²) in [6.07, 6.45) is 3.09. The maximum Gasteiger partial charge on any atom is 0.322 e. The van der Waals surface area contributed by atoms with Gasteiger partial charge in [-0.05, 0) is 44.4 Å². The molecule has 0 saturated carbocycles. The van der Waals surface area contributed by atoms with E-state index in [9.17, 15) is 9.59 Å². The molecule has 1 aromatic carbocycles. The molecule has 3 amide bonds. The van der Waals surface area contributed by atoms with E-state index in [4.69, 9.17) is 23.2 Å². The number of nitrogens with zero attached hydrogens (tertiary/aromatic N) is 2. The van der Waals surface area contributed by atoms with Gasteiger partial charge in [0.05, 0.1) is 22.1 Å². The predicted octanol–water partition coefficient (Wildman–Crippen LogP) is 3.61. The van der Waals surface area contributed by atoms with Crippen molar-refractivity contribution in [1.29, 1.82) is 0 Å².